The van der Waals surface area contributed by atoms with Crippen LogP contribution in [0.5, 0.6) is 0 Å². The van der Waals surface area contributed by atoms with Crippen molar-refractivity contribution in [1.29, 1.82) is 0 Å². The Morgan fingerprint density at radius 3 is 3.00 bits per heavy atom. The van der Waals surface area contributed by atoms with E-state index >= 15 is 0 Å². The minimum absolute atomic E-state index is 0.0790. The van der Waals surface area contributed by atoms with Crippen LogP contribution < -0.4 is 0 Å². The molecule has 1 saturated heterocycles. The van der Waals surface area contributed by atoms with E-state index in [9.17, 15) is 4.79 Å². The smallest absolute Gasteiger partial charge is 0.303 e. The van der Waals surface area contributed by atoms with Crippen LogP contribution in [0.2, 0.25) is 0 Å². The number of likely N-dealkylation sites (tertiary alicyclic amines) is 1. The molecule has 0 aromatic carbocycles. The summed E-state index contributed by atoms with van der Waals surface area (Å²) in [5.41, 5.74) is 1.39. The van der Waals surface area contributed by atoms with Gasteiger partial charge in [0.05, 0.1) is 6.42 Å². The molecule has 1 saturated carbocycles. The molecule has 1 aromatic rings. The monoisotopic (exact) mass is 260 g/mol. The zero-order valence-corrected chi connectivity index (χ0v) is 11.1. The predicted molar refractivity (Wildman–Crippen MR) is 72.0 cm³/mol. The molecule has 0 radical (unpaired) electrons. The van der Waals surface area contributed by atoms with E-state index in [1.807, 2.05) is 18.5 Å². The van der Waals surface area contributed by atoms with E-state index in [4.69, 9.17) is 5.11 Å². The minimum Gasteiger partial charge on any atom is -0.481 e. The van der Waals surface area contributed by atoms with E-state index in [2.05, 4.69) is 16.0 Å². The van der Waals surface area contributed by atoms with Crippen molar-refractivity contribution in [2.45, 2.75) is 31.6 Å². The summed E-state index contributed by atoms with van der Waals surface area (Å²) in [6, 6.07) is 4.14. The van der Waals surface area contributed by atoms with Crippen molar-refractivity contribution in [3.8, 4) is 0 Å². The molecule has 2 fully saturated rings. The summed E-state index contributed by atoms with van der Waals surface area (Å²) in [4.78, 5) is 17.5. The Bertz CT molecular complexity index is 456. The van der Waals surface area contributed by atoms with Crippen molar-refractivity contribution in [2.24, 2.45) is 5.41 Å². The maximum absolute atomic E-state index is 10.9. The highest BCUT2D eigenvalue weighted by atomic mass is 16.4. The number of hydrogen-bond donors (Lipinski definition) is 1. The Morgan fingerprint density at radius 1 is 1.53 bits per heavy atom. The second-order valence-electron chi connectivity index (χ2n) is 6.08. The number of pyridine rings is 1. The van der Waals surface area contributed by atoms with Crippen LogP contribution in [0.1, 0.15) is 37.2 Å². The molecular weight excluding hydrogens is 240 g/mol. The van der Waals surface area contributed by atoms with Gasteiger partial charge in [0.15, 0.2) is 0 Å². The van der Waals surface area contributed by atoms with Crippen molar-refractivity contribution in [3.63, 3.8) is 0 Å². The van der Waals surface area contributed by atoms with Gasteiger partial charge in [0, 0.05) is 25.5 Å². The van der Waals surface area contributed by atoms with Crippen LogP contribution in [-0.2, 0) is 4.79 Å². The lowest BCUT2D eigenvalue weighted by Crippen LogP contribution is -2.29. The molecule has 1 atom stereocenters. The molecule has 1 unspecified atom stereocenters. The number of rotatable bonds is 5. The number of carboxylic acids is 1. The number of aliphatic carboxylic acids is 1. The normalized spacial score (nSPS) is 25.4. The third-order valence-corrected chi connectivity index (χ3v) is 4.47. The fourth-order valence-electron chi connectivity index (χ4n) is 3.23. The first-order valence-corrected chi connectivity index (χ1v) is 7.01. The Hall–Kier alpha value is -1.42. The van der Waals surface area contributed by atoms with Gasteiger partial charge in [-0.05, 0) is 48.8 Å². The number of aromatic nitrogens is 1. The van der Waals surface area contributed by atoms with E-state index < -0.39 is 5.97 Å². The number of carbonyl (C=O) groups is 1. The van der Waals surface area contributed by atoms with Crippen molar-refractivity contribution < 1.29 is 9.90 Å². The Balaban J connectivity index is 1.57. The van der Waals surface area contributed by atoms with Gasteiger partial charge in [0.25, 0.3) is 0 Å². The largest absolute Gasteiger partial charge is 0.481 e. The average Bonchev–Trinajstić information content (AvgIpc) is 2.97. The summed E-state index contributed by atoms with van der Waals surface area (Å²) in [6.45, 7) is 3.09. The molecule has 0 bridgehead atoms. The molecule has 0 amide bonds. The molecule has 1 aromatic heterocycles. The lowest BCUT2D eigenvalue weighted by Gasteiger charge is -2.22. The summed E-state index contributed by atoms with van der Waals surface area (Å²) >= 11 is 0. The summed E-state index contributed by atoms with van der Waals surface area (Å²) in [7, 11) is 0. The molecule has 1 N–H and O–H groups in total. The molecule has 2 aliphatic rings. The van der Waals surface area contributed by atoms with Crippen molar-refractivity contribution in [2.75, 3.05) is 19.6 Å². The fraction of sp³-hybridized carbons (Fsp3) is 0.600. The predicted octanol–water partition coefficient (Wildman–Crippen LogP) is 2.13. The maximum Gasteiger partial charge on any atom is 0.303 e. The van der Waals surface area contributed by atoms with Crippen LogP contribution in [0, 0.1) is 5.41 Å². The number of hydrogen-bond acceptors (Lipinski definition) is 3. The van der Waals surface area contributed by atoms with Crippen molar-refractivity contribution >= 4 is 5.97 Å². The first-order chi connectivity index (χ1) is 9.17. The SMILES string of the molecule is O=C(O)CC1(CN2CCC(c3cccnc3)C2)CC1. The lowest BCUT2D eigenvalue weighted by atomic mass is 10.00. The summed E-state index contributed by atoms with van der Waals surface area (Å²) in [5.74, 6) is -0.0881. The van der Waals surface area contributed by atoms with Crippen LogP contribution in [0.15, 0.2) is 24.5 Å². The molecular formula is C15H20N2O2. The fourth-order valence-corrected chi connectivity index (χ4v) is 3.23. The Morgan fingerprint density at radius 2 is 2.37 bits per heavy atom. The quantitative estimate of drug-likeness (QED) is 0.881. The first-order valence-electron chi connectivity index (χ1n) is 7.01. The minimum atomic E-state index is -0.652. The van der Waals surface area contributed by atoms with Gasteiger partial charge >= 0.3 is 5.97 Å². The third kappa shape index (κ3) is 2.95. The van der Waals surface area contributed by atoms with Gasteiger partial charge in [-0.25, -0.2) is 0 Å². The molecule has 3 rings (SSSR count). The van der Waals surface area contributed by atoms with Crippen LogP contribution in [0.4, 0.5) is 0 Å². The summed E-state index contributed by atoms with van der Waals surface area (Å²) < 4.78 is 0. The van der Waals surface area contributed by atoms with Crippen molar-refractivity contribution in [1.82, 2.24) is 9.88 Å². The highest BCUT2D eigenvalue weighted by Gasteiger charge is 2.46. The molecule has 1 aliphatic carbocycles. The van der Waals surface area contributed by atoms with E-state index in [1.54, 1.807) is 0 Å². The molecule has 0 spiro atoms. The number of carboxylic acid groups (broad SMARTS) is 1. The molecule has 1 aliphatic heterocycles. The van der Waals surface area contributed by atoms with Gasteiger partial charge in [-0.2, -0.15) is 0 Å². The van der Waals surface area contributed by atoms with Gasteiger partial charge < -0.3 is 10.0 Å². The molecule has 4 heteroatoms. The van der Waals surface area contributed by atoms with E-state index in [0.29, 0.717) is 12.3 Å². The molecule has 19 heavy (non-hydrogen) atoms. The van der Waals surface area contributed by atoms with E-state index in [-0.39, 0.29) is 5.41 Å². The molecule has 102 valence electrons. The average molecular weight is 260 g/mol. The van der Waals surface area contributed by atoms with Crippen LogP contribution in [-0.4, -0.2) is 40.6 Å². The van der Waals surface area contributed by atoms with Gasteiger partial charge in [-0.1, -0.05) is 6.07 Å². The van der Waals surface area contributed by atoms with E-state index in [0.717, 1.165) is 38.9 Å². The molecule has 2 heterocycles. The van der Waals surface area contributed by atoms with Gasteiger partial charge in [-0.15, -0.1) is 0 Å². The van der Waals surface area contributed by atoms with Crippen LogP contribution in [0.3, 0.4) is 0 Å². The Kier molecular flexibility index (Phi) is 3.27. The second-order valence-corrected chi connectivity index (χ2v) is 6.08. The second kappa shape index (κ2) is 4.93. The Labute approximate surface area is 113 Å². The van der Waals surface area contributed by atoms with E-state index in [1.165, 1.54) is 5.56 Å². The molecule has 4 nitrogen and oxygen atoms in total. The zero-order valence-electron chi connectivity index (χ0n) is 11.1. The van der Waals surface area contributed by atoms with Crippen LogP contribution >= 0.6 is 0 Å². The van der Waals surface area contributed by atoms with Gasteiger partial charge in [-0.3, -0.25) is 9.78 Å². The highest BCUT2D eigenvalue weighted by Crippen LogP contribution is 2.50. The number of nitrogens with zero attached hydrogens (tertiary/aromatic N) is 2. The highest BCUT2D eigenvalue weighted by molar-refractivity contribution is 5.68. The van der Waals surface area contributed by atoms with Crippen molar-refractivity contribution in [3.05, 3.63) is 30.1 Å². The topological polar surface area (TPSA) is 53.4 Å². The standard InChI is InChI=1S/C15H20N2O2/c18-14(19)8-15(4-5-15)11-17-7-3-13(10-17)12-2-1-6-16-9-12/h1-2,6,9,13H,3-5,7-8,10-11H2,(H,18,19). The van der Waals surface area contributed by atoms with Crippen LogP contribution in [0.25, 0.3) is 0 Å². The first kappa shape index (κ1) is 12.6. The summed E-state index contributed by atoms with van der Waals surface area (Å²) in [6.07, 6.45) is 7.41. The van der Waals surface area contributed by atoms with Gasteiger partial charge in [0.2, 0.25) is 0 Å². The zero-order chi connectivity index (χ0) is 13.3. The third-order valence-electron chi connectivity index (χ3n) is 4.47. The van der Waals surface area contributed by atoms with Gasteiger partial charge in [0.1, 0.15) is 0 Å². The lowest BCUT2D eigenvalue weighted by molar-refractivity contribution is -0.138. The summed E-state index contributed by atoms with van der Waals surface area (Å²) in [5, 5.41) is 8.97. The maximum atomic E-state index is 10.9.